The number of nitrogens with one attached hydrogen (secondary N) is 1. The molecule has 2 aromatic heterocycles. The van der Waals surface area contributed by atoms with Crippen molar-refractivity contribution in [1.29, 1.82) is 0 Å². The third kappa shape index (κ3) is 2.73. The summed E-state index contributed by atoms with van der Waals surface area (Å²) in [6.45, 7) is 4.06. The zero-order valence-electron chi connectivity index (χ0n) is 8.19. The van der Waals surface area contributed by atoms with E-state index < -0.39 is 0 Å². The van der Waals surface area contributed by atoms with Gasteiger partial charge in [-0.2, -0.15) is 0 Å². The average molecular weight is 305 g/mol. The predicted molar refractivity (Wildman–Crippen MR) is 66.5 cm³/mol. The van der Waals surface area contributed by atoms with Gasteiger partial charge in [0.05, 0.1) is 6.04 Å². The molecular formula is C8H9BrN4S2. The summed E-state index contributed by atoms with van der Waals surface area (Å²) in [5.74, 6) is 0. The fraction of sp³-hybridized carbons (Fsp3) is 0.375. The highest BCUT2D eigenvalue weighted by molar-refractivity contribution is 9.11. The van der Waals surface area contributed by atoms with Crippen LogP contribution in [-0.4, -0.2) is 15.2 Å². The lowest BCUT2D eigenvalue weighted by atomic mass is 10.4. The molecule has 15 heavy (non-hydrogen) atoms. The summed E-state index contributed by atoms with van der Waals surface area (Å²) in [4.78, 5) is 4.41. The van der Waals surface area contributed by atoms with E-state index >= 15 is 0 Å². The Morgan fingerprint density at radius 3 is 2.80 bits per heavy atom. The van der Waals surface area contributed by atoms with Gasteiger partial charge in [-0.3, -0.25) is 0 Å². The Morgan fingerprint density at radius 1 is 1.47 bits per heavy atom. The monoisotopic (exact) mass is 304 g/mol. The summed E-state index contributed by atoms with van der Waals surface area (Å²) in [6, 6.07) is 0.170. The molecule has 0 saturated carbocycles. The summed E-state index contributed by atoms with van der Waals surface area (Å²) in [7, 11) is 0. The minimum atomic E-state index is 0.170. The minimum Gasteiger partial charge on any atom is -0.351 e. The summed E-state index contributed by atoms with van der Waals surface area (Å²) < 4.78 is 0.785. The lowest BCUT2D eigenvalue weighted by molar-refractivity contribution is 0.854. The highest BCUT2D eigenvalue weighted by Gasteiger charge is 2.11. The molecule has 1 unspecified atom stereocenters. The van der Waals surface area contributed by atoms with E-state index in [2.05, 4.69) is 43.4 Å². The molecule has 0 radical (unpaired) electrons. The van der Waals surface area contributed by atoms with E-state index in [1.165, 1.54) is 11.3 Å². The third-order valence-corrected chi connectivity index (χ3v) is 4.18. The summed E-state index contributed by atoms with van der Waals surface area (Å²) >= 11 is 6.41. The maximum absolute atomic E-state index is 4.41. The molecule has 80 valence electrons. The van der Waals surface area contributed by atoms with Gasteiger partial charge in [0.2, 0.25) is 5.13 Å². The zero-order valence-corrected chi connectivity index (χ0v) is 11.4. The molecule has 2 rings (SSSR count). The molecule has 0 spiro atoms. The second-order valence-electron chi connectivity index (χ2n) is 3.05. The van der Waals surface area contributed by atoms with Crippen molar-refractivity contribution in [3.8, 4) is 0 Å². The first-order valence-corrected chi connectivity index (χ1v) is 6.81. The Balaban J connectivity index is 2.06. The van der Waals surface area contributed by atoms with Crippen LogP contribution in [0, 0.1) is 6.92 Å². The van der Waals surface area contributed by atoms with E-state index in [0.717, 1.165) is 19.8 Å². The fourth-order valence-corrected chi connectivity index (χ4v) is 2.98. The Bertz CT molecular complexity index is 453. The third-order valence-electron chi connectivity index (χ3n) is 1.75. The molecule has 0 aliphatic rings. The number of anilines is 1. The van der Waals surface area contributed by atoms with Crippen LogP contribution < -0.4 is 5.32 Å². The first-order chi connectivity index (χ1) is 7.15. The maximum atomic E-state index is 4.41. The number of thiazole rings is 1. The SMILES string of the molecule is Cc1csc(C(C)Nc2nnc(Br)s2)n1. The van der Waals surface area contributed by atoms with Crippen molar-refractivity contribution < 1.29 is 0 Å². The zero-order chi connectivity index (χ0) is 10.8. The van der Waals surface area contributed by atoms with Crippen LogP contribution in [0.4, 0.5) is 5.13 Å². The Labute approximate surface area is 104 Å². The minimum absolute atomic E-state index is 0.170. The van der Waals surface area contributed by atoms with Crippen LogP contribution in [0.3, 0.4) is 0 Å². The summed E-state index contributed by atoms with van der Waals surface area (Å²) in [5.41, 5.74) is 1.06. The van der Waals surface area contributed by atoms with Gasteiger partial charge in [0.25, 0.3) is 0 Å². The second-order valence-corrected chi connectivity index (χ2v) is 6.20. The molecule has 0 amide bonds. The topological polar surface area (TPSA) is 50.7 Å². The van der Waals surface area contributed by atoms with Gasteiger partial charge in [-0.15, -0.1) is 21.5 Å². The van der Waals surface area contributed by atoms with Gasteiger partial charge in [0.15, 0.2) is 3.92 Å². The van der Waals surface area contributed by atoms with Crippen molar-refractivity contribution in [1.82, 2.24) is 15.2 Å². The molecule has 2 aromatic rings. The van der Waals surface area contributed by atoms with Crippen LogP contribution in [0.15, 0.2) is 9.30 Å². The van der Waals surface area contributed by atoms with E-state index in [9.17, 15) is 0 Å². The van der Waals surface area contributed by atoms with Crippen molar-refractivity contribution in [2.75, 3.05) is 5.32 Å². The Morgan fingerprint density at radius 2 is 2.27 bits per heavy atom. The van der Waals surface area contributed by atoms with Crippen molar-refractivity contribution in [3.05, 3.63) is 20.0 Å². The molecular weight excluding hydrogens is 296 g/mol. The van der Waals surface area contributed by atoms with Crippen molar-refractivity contribution >= 4 is 43.7 Å². The van der Waals surface area contributed by atoms with Gasteiger partial charge in [0.1, 0.15) is 5.01 Å². The molecule has 0 bridgehead atoms. The maximum Gasteiger partial charge on any atom is 0.207 e. The van der Waals surface area contributed by atoms with E-state index in [4.69, 9.17) is 0 Å². The molecule has 0 aliphatic heterocycles. The molecule has 0 aromatic carbocycles. The smallest absolute Gasteiger partial charge is 0.207 e. The average Bonchev–Trinajstić information content (AvgIpc) is 2.75. The van der Waals surface area contributed by atoms with Gasteiger partial charge < -0.3 is 5.32 Å². The number of hydrogen-bond donors (Lipinski definition) is 1. The number of aryl methyl sites for hydroxylation is 1. The lowest BCUT2D eigenvalue weighted by Gasteiger charge is -2.08. The molecule has 1 atom stereocenters. The fourth-order valence-electron chi connectivity index (χ4n) is 1.08. The van der Waals surface area contributed by atoms with Gasteiger partial charge in [0, 0.05) is 11.1 Å². The number of nitrogens with zero attached hydrogens (tertiary/aromatic N) is 3. The highest BCUT2D eigenvalue weighted by Crippen LogP contribution is 2.26. The quantitative estimate of drug-likeness (QED) is 0.946. The number of aromatic nitrogens is 3. The Kier molecular flexibility index (Phi) is 3.32. The standard InChI is InChI=1S/C8H9BrN4S2/c1-4-3-14-6(10-4)5(2)11-8-13-12-7(9)15-8/h3,5H,1-2H3,(H,11,13). The van der Waals surface area contributed by atoms with Gasteiger partial charge in [-0.05, 0) is 29.8 Å². The number of halogens is 1. The van der Waals surface area contributed by atoms with E-state index in [1.807, 2.05) is 12.3 Å². The number of hydrogen-bond acceptors (Lipinski definition) is 6. The summed E-state index contributed by atoms with van der Waals surface area (Å²) in [5, 5.41) is 15.0. The van der Waals surface area contributed by atoms with E-state index in [0.29, 0.717) is 0 Å². The molecule has 0 saturated heterocycles. The second kappa shape index (κ2) is 4.54. The normalized spacial score (nSPS) is 12.7. The molecule has 4 nitrogen and oxygen atoms in total. The molecule has 0 fully saturated rings. The summed E-state index contributed by atoms with van der Waals surface area (Å²) in [6.07, 6.45) is 0. The van der Waals surface area contributed by atoms with Crippen LogP contribution in [0.2, 0.25) is 0 Å². The molecule has 2 heterocycles. The molecule has 0 aliphatic carbocycles. The van der Waals surface area contributed by atoms with Crippen LogP contribution in [-0.2, 0) is 0 Å². The largest absolute Gasteiger partial charge is 0.351 e. The van der Waals surface area contributed by atoms with Gasteiger partial charge >= 0.3 is 0 Å². The first kappa shape index (κ1) is 11.0. The van der Waals surface area contributed by atoms with E-state index in [-0.39, 0.29) is 6.04 Å². The number of rotatable bonds is 3. The van der Waals surface area contributed by atoms with Crippen molar-refractivity contribution in [2.24, 2.45) is 0 Å². The van der Waals surface area contributed by atoms with Crippen molar-refractivity contribution in [2.45, 2.75) is 19.9 Å². The molecule has 7 heteroatoms. The highest BCUT2D eigenvalue weighted by atomic mass is 79.9. The predicted octanol–water partition coefficient (Wildman–Crippen LogP) is 3.24. The first-order valence-electron chi connectivity index (χ1n) is 4.32. The van der Waals surface area contributed by atoms with Crippen LogP contribution in [0.5, 0.6) is 0 Å². The lowest BCUT2D eigenvalue weighted by Crippen LogP contribution is -2.05. The van der Waals surface area contributed by atoms with Crippen LogP contribution in [0.1, 0.15) is 23.7 Å². The van der Waals surface area contributed by atoms with Crippen LogP contribution in [0.25, 0.3) is 0 Å². The van der Waals surface area contributed by atoms with Gasteiger partial charge in [-0.1, -0.05) is 11.3 Å². The van der Waals surface area contributed by atoms with Crippen LogP contribution >= 0.6 is 38.6 Å². The van der Waals surface area contributed by atoms with E-state index in [1.54, 1.807) is 11.3 Å². The van der Waals surface area contributed by atoms with Gasteiger partial charge in [-0.25, -0.2) is 4.98 Å². The molecule has 1 N–H and O–H groups in total. The Hall–Kier alpha value is -0.530. The van der Waals surface area contributed by atoms with Crippen molar-refractivity contribution in [3.63, 3.8) is 0 Å².